The molecule has 0 bridgehead atoms. The molecule has 104 valence electrons. The van der Waals surface area contributed by atoms with Crippen LogP contribution < -0.4 is 11.1 Å². The van der Waals surface area contributed by atoms with Crippen molar-refractivity contribution in [3.05, 3.63) is 34.4 Å². The second-order valence-electron chi connectivity index (χ2n) is 5.44. The summed E-state index contributed by atoms with van der Waals surface area (Å²) in [7, 11) is 0. The number of benzene rings is 1. The van der Waals surface area contributed by atoms with E-state index in [1.54, 1.807) is 12.1 Å². The fourth-order valence-corrected chi connectivity index (χ4v) is 2.94. The summed E-state index contributed by atoms with van der Waals surface area (Å²) < 4.78 is 0. The number of hydrogen-bond donors (Lipinski definition) is 2. The highest BCUT2D eigenvalue weighted by Crippen LogP contribution is 2.36. The Morgan fingerprint density at radius 3 is 2.95 bits per heavy atom. The second kappa shape index (κ2) is 5.57. The molecule has 1 aromatic rings. The standard InChI is InChI=1S/C14H21N3O2/c1-11-5-2-3-8-14(11,10-15)16-12-6-4-7-13(9-12)17(18)19/h4,6-7,9,11,16H,2-3,5,8,10,15H2,1H3. The van der Waals surface area contributed by atoms with Crippen molar-refractivity contribution < 1.29 is 4.92 Å². The van der Waals surface area contributed by atoms with E-state index in [9.17, 15) is 10.1 Å². The molecule has 19 heavy (non-hydrogen) atoms. The first kappa shape index (κ1) is 13.8. The van der Waals surface area contributed by atoms with Gasteiger partial charge in [-0.3, -0.25) is 10.1 Å². The van der Waals surface area contributed by atoms with E-state index in [1.807, 2.05) is 6.07 Å². The Kier molecular flexibility index (Phi) is 4.04. The number of nitro benzene ring substituents is 1. The van der Waals surface area contributed by atoms with Gasteiger partial charge < -0.3 is 11.1 Å². The molecule has 0 saturated heterocycles. The molecule has 0 radical (unpaired) electrons. The molecular formula is C14H21N3O2. The number of rotatable bonds is 4. The van der Waals surface area contributed by atoms with Gasteiger partial charge >= 0.3 is 0 Å². The average Bonchev–Trinajstić information content (AvgIpc) is 2.42. The number of nitro groups is 1. The van der Waals surface area contributed by atoms with Crippen molar-refractivity contribution >= 4 is 11.4 Å². The van der Waals surface area contributed by atoms with Gasteiger partial charge in [-0.1, -0.05) is 25.8 Å². The van der Waals surface area contributed by atoms with Gasteiger partial charge in [0, 0.05) is 24.4 Å². The Labute approximate surface area is 113 Å². The molecule has 1 aliphatic carbocycles. The van der Waals surface area contributed by atoms with Crippen LogP contribution in [0.25, 0.3) is 0 Å². The van der Waals surface area contributed by atoms with E-state index in [-0.39, 0.29) is 16.1 Å². The van der Waals surface area contributed by atoms with E-state index in [2.05, 4.69) is 12.2 Å². The van der Waals surface area contributed by atoms with E-state index < -0.39 is 0 Å². The number of nitrogens with one attached hydrogen (secondary N) is 1. The molecule has 0 aliphatic heterocycles. The zero-order valence-corrected chi connectivity index (χ0v) is 11.3. The van der Waals surface area contributed by atoms with Gasteiger partial charge in [0.1, 0.15) is 0 Å². The first-order valence-electron chi connectivity index (χ1n) is 6.80. The zero-order chi connectivity index (χ0) is 13.9. The number of non-ortho nitro benzene ring substituents is 1. The van der Waals surface area contributed by atoms with Crippen LogP contribution in [-0.4, -0.2) is 17.0 Å². The van der Waals surface area contributed by atoms with E-state index in [4.69, 9.17) is 5.73 Å². The van der Waals surface area contributed by atoms with Gasteiger partial charge in [0.15, 0.2) is 0 Å². The van der Waals surface area contributed by atoms with Crippen LogP contribution in [-0.2, 0) is 0 Å². The van der Waals surface area contributed by atoms with E-state index >= 15 is 0 Å². The van der Waals surface area contributed by atoms with Gasteiger partial charge in [-0.15, -0.1) is 0 Å². The molecule has 1 aliphatic rings. The Bertz CT molecular complexity index is 464. The molecule has 0 spiro atoms. The molecule has 0 heterocycles. The molecule has 5 nitrogen and oxygen atoms in total. The Balaban J connectivity index is 2.22. The molecule has 2 atom stereocenters. The van der Waals surface area contributed by atoms with E-state index in [0.29, 0.717) is 12.5 Å². The highest BCUT2D eigenvalue weighted by Gasteiger charge is 2.36. The van der Waals surface area contributed by atoms with Crippen LogP contribution in [0.4, 0.5) is 11.4 Å². The predicted octanol–water partition coefficient (Wildman–Crippen LogP) is 2.91. The second-order valence-corrected chi connectivity index (χ2v) is 5.44. The number of anilines is 1. The summed E-state index contributed by atoms with van der Waals surface area (Å²) in [5.41, 5.74) is 6.74. The van der Waals surface area contributed by atoms with E-state index in [0.717, 1.165) is 24.9 Å². The highest BCUT2D eigenvalue weighted by atomic mass is 16.6. The Morgan fingerprint density at radius 1 is 1.53 bits per heavy atom. The molecule has 1 fully saturated rings. The van der Waals surface area contributed by atoms with Gasteiger partial charge in [0.25, 0.3) is 5.69 Å². The first-order valence-corrected chi connectivity index (χ1v) is 6.80. The van der Waals surface area contributed by atoms with Crippen LogP contribution in [0.1, 0.15) is 32.6 Å². The molecule has 3 N–H and O–H groups in total. The third-order valence-electron chi connectivity index (χ3n) is 4.27. The third kappa shape index (κ3) is 2.87. The lowest BCUT2D eigenvalue weighted by Crippen LogP contribution is -2.52. The fourth-order valence-electron chi connectivity index (χ4n) is 2.94. The summed E-state index contributed by atoms with van der Waals surface area (Å²) in [6.45, 7) is 2.76. The topological polar surface area (TPSA) is 81.2 Å². The van der Waals surface area contributed by atoms with Crippen LogP contribution in [0.2, 0.25) is 0 Å². The summed E-state index contributed by atoms with van der Waals surface area (Å²) >= 11 is 0. The van der Waals surface area contributed by atoms with Crippen molar-refractivity contribution in [2.45, 2.75) is 38.1 Å². The van der Waals surface area contributed by atoms with Crippen LogP contribution in [0.5, 0.6) is 0 Å². The van der Waals surface area contributed by atoms with Gasteiger partial charge in [0.2, 0.25) is 0 Å². The lowest BCUT2D eigenvalue weighted by atomic mass is 9.73. The van der Waals surface area contributed by atoms with E-state index in [1.165, 1.54) is 12.5 Å². The quantitative estimate of drug-likeness (QED) is 0.646. The van der Waals surface area contributed by atoms with Crippen molar-refractivity contribution in [2.75, 3.05) is 11.9 Å². The van der Waals surface area contributed by atoms with Gasteiger partial charge in [0.05, 0.1) is 10.5 Å². The maximum Gasteiger partial charge on any atom is 0.271 e. The molecule has 2 unspecified atom stereocenters. The Morgan fingerprint density at radius 2 is 2.32 bits per heavy atom. The zero-order valence-electron chi connectivity index (χ0n) is 11.3. The average molecular weight is 263 g/mol. The smallest absolute Gasteiger partial charge is 0.271 e. The highest BCUT2D eigenvalue weighted by molar-refractivity contribution is 5.53. The van der Waals surface area contributed by atoms with Gasteiger partial charge in [-0.2, -0.15) is 0 Å². The van der Waals surface area contributed by atoms with Gasteiger partial charge in [-0.05, 0) is 24.8 Å². The first-order chi connectivity index (χ1) is 9.07. The number of hydrogen-bond acceptors (Lipinski definition) is 4. The minimum absolute atomic E-state index is 0.112. The molecule has 0 amide bonds. The lowest BCUT2D eigenvalue weighted by Gasteiger charge is -2.43. The van der Waals surface area contributed by atoms with Crippen LogP contribution in [0.15, 0.2) is 24.3 Å². The largest absolute Gasteiger partial charge is 0.378 e. The molecule has 5 heteroatoms. The lowest BCUT2D eigenvalue weighted by molar-refractivity contribution is -0.384. The molecule has 2 rings (SSSR count). The summed E-state index contributed by atoms with van der Waals surface area (Å²) in [4.78, 5) is 10.4. The minimum atomic E-state index is -0.370. The molecule has 0 aromatic heterocycles. The van der Waals surface area contributed by atoms with Crippen molar-refractivity contribution in [3.63, 3.8) is 0 Å². The summed E-state index contributed by atoms with van der Waals surface area (Å²) in [5.74, 6) is 0.477. The maximum atomic E-state index is 10.8. The number of nitrogens with zero attached hydrogens (tertiary/aromatic N) is 1. The molecular weight excluding hydrogens is 242 g/mol. The van der Waals surface area contributed by atoms with Crippen LogP contribution in [0, 0.1) is 16.0 Å². The molecule has 1 saturated carbocycles. The van der Waals surface area contributed by atoms with Crippen molar-refractivity contribution in [2.24, 2.45) is 11.7 Å². The molecule has 1 aromatic carbocycles. The SMILES string of the molecule is CC1CCCCC1(CN)Nc1cccc([N+](=O)[O-])c1. The van der Waals surface area contributed by atoms with Crippen molar-refractivity contribution in [1.82, 2.24) is 0 Å². The van der Waals surface area contributed by atoms with Gasteiger partial charge in [-0.25, -0.2) is 0 Å². The summed E-state index contributed by atoms with van der Waals surface area (Å²) in [6.07, 6.45) is 4.56. The fraction of sp³-hybridized carbons (Fsp3) is 0.571. The predicted molar refractivity (Wildman–Crippen MR) is 76.1 cm³/mol. The third-order valence-corrected chi connectivity index (χ3v) is 4.27. The van der Waals surface area contributed by atoms with Crippen molar-refractivity contribution in [1.29, 1.82) is 0 Å². The monoisotopic (exact) mass is 263 g/mol. The number of nitrogens with two attached hydrogens (primary N) is 1. The Hall–Kier alpha value is -1.62. The van der Waals surface area contributed by atoms with Crippen molar-refractivity contribution in [3.8, 4) is 0 Å². The van der Waals surface area contributed by atoms with Crippen LogP contribution >= 0.6 is 0 Å². The van der Waals surface area contributed by atoms with Crippen LogP contribution in [0.3, 0.4) is 0 Å². The summed E-state index contributed by atoms with van der Waals surface area (Å²) in [5, 5.41) is 14.3. The maximum absolute atomic E-state index is 10.8. The normalized spacial score (nSPS) is 26.9. The summed E-state index contributed by atoms with van der Waals surface area (Å²) in [6, 6.07) is 6.66. The minimum Gasteiger partial charge on any atom is -0.378 e.